The summed E-state index contributed by atoms with van der Waals surface area (Å²) in [4.78, 5) is 11.4. The van der Waals surface area contributed by atoms with Crippen LogP contribution in [0.4, 0.5) is 5.95 Å². The molecule has 0 aliphatic carbocycles. The average molecular weight is 280 g/mol. The van der Waals surface area contributed by atoms with Crippen molar-refractivity contribution in [1.29, 1.82) is 0 Å². The van der Waals surface area contributed by atoms with Crippen LogP contribution >= 0.6 is 11.8 Å². The molecule has 1 saturated heterocycles. The van der Waals surface area contributed by atoms with E-state index in [1.54, 1.807) is 0 Å². The highest BCUT2D eigenvalue weighted by Crippen LogP contribution is 2.26. The number of nitrogens with one attached hydrogen (secondary N) is 1. The van der Waals surface area contributed by atoms with Crippen molar-refractivity contribution in [3.63, 3.8) is 0 Å². The third-order valence-corrected chi connectivity index (χ3v) is 4.88. The summed E-state index contributed by atoms with van der Waals surface area (Å²) in [6, 6.07) is 0.984. The molecule has 1 aromatic rings. The Morgan fingerprint density at radius 2 is 2.05 bits per heavy atom. The Hall–Kier alpha value is -0.810. The summed E-state index contributed by atoms with van der Waals surface area (Å²) in [6.45, 7) is 10.7. The van der Waals surface area contributed by atoms with Crippen molar-refractivity contribution < 1.29 is 0 Å². The lowest BCUT2D eigenvalue weighted by Gasteiger charge is -2.37. The van der Waals surface area contributed by atoms with Crippen molar-refractivity contribution in [2.45, 2.75) is 51.6 Å². The van der Waals surface area contributed by atoms with Gasteiger partial charge in [-0.15, -0.1) is 0 Å². The Balaban J connectivity index is 2.01. The SMILES string of the molecule is CC(C)NCc1cnc(N2CCSC(C)C2C)nc1. The fourth-order valence-corrected chi connectivity index (χ4v) is 3.22. The van der Waals surface area contributed by atoms with Crippen LogP contribution in [0.5, 0.6) is 0 Å². The van der Waals surface area contributed by atoms with E-state index in [4.69, 9.17) is 0 Å². The second-order valence-electron chi connectivity index (χ2n) is 5.44. The Morgan fingerprint density at radius 3 is 2.68 bits per heavy atom. The molecule has 0 bridgehead atoms. The van der Waals surface area contributed by atoms with E-state index in [-0.39, 0.29) is 0 Å². The van der Waals surface area contributed by atoms with Crippen LogP contribution in [-0.4, -0.2) is 39.6 Å². The van der Waals surface area contributed by atoms with Crippen LogP contribution in [-0.2, 0) is 6.54 Å². The fraction of sp³-hybridized carbons (Fsp3) is 0.714. The highest BCUT2D eigenvalue weighted by Gasteiger charge is 2.26. The number of thioether (sulfide) groups is 1. The van der Waals surface area contributed by atoms with Crippen molar-refractivity contribution in [2.75, 3.05) is 17.2 Å². The van der Waals surface area contributed by atoms with Gasteiger partial charge >= 0.3 is 0 Å². The van der Waals surface area contributed by atoms with E-state index in [1.165, 1.54) is 0 Å². The number of hydrogen-bond acceptors (Lipinski definition) is 5. The van der Waals surface area contributed by atoms with Crippen LogP contribution in [0, 0.1) is 0 Å². The summed E-state index contributed by atoms with van der Waals surface area (Å²) < 4.78 is 0. The molecule has 0 amide bonds. The minimum Gasteiger partial charge on any atom is -0.336 e. The molecule has 2 unspecified atom stereocenters. The molecule has 1 aromatic heterocycles. The monoisotopic (exact) mass is 280 g/mol. The molecule has 106 valence electrons. The van der Waals surface area contributed by atoms with E-state index >= 15 is 0 Å². The number of nitrogens with zero attached hydrogens (tertiary/aromatic N) is 3. The maximum absolute atomic E-state index is 4.53. The van der Waals surface area contributed by atoms with Gasteiger partial charge in [-0.25, -0.2) is 9.97 Å². The van der Waals surface area contributed by atoms with Gasteiger partial charge in [-0.1, -0.05) is 20.8 Å². The molecule has 2 heterocycles. The van der Waals surface area contributed by atoms with Gasteiger partial charge in [-0.3, -0.25) is 0 Å². The molecule has 0 spiro atoms. The lowest BCUT2D eigenvalue weighted by Crippen LogP contribution is -2.45. The topological polar surface area (TPSA) is 41.1 Å². The molecule has 0 aromatic carbocycles. The molecule has 2 atom stereocenters. The smallest absolute Gasteiger partial charge is 0.225 e. The second kappa shape index (κ2) is 6.57. The van der Waals surface area contributed by atoms with Gasteiger partial charge in [0, 0.05) is 54.1 Å². The summed E-state index contributed by atoms with van der Waals surface area (Å²) >= 11 is 2.03. The Bertz CT molecular complexity index is 393. The van der Waals surface area contributed by atoms with Crippen LogP contribution in [0.1, 0.15) is 33.3 Å². The third kappa shape index (κ3) is 3.83. The summed E-state index contributed by atoms with van der Waals surface area (Å²) in [6.07, 6.45) is 3.88. The summed E-state index contributed by atoms with van der Waals surface area (Å²) in [5.74, 6) is 2.03. The zero-order valence-electron chi connectivity index (χ0n) is 12.3. The Labute approximate surface area is 120 Å². The predicted octanol–water partition coefficient (Wildman–Crippen LogP) is 2.30. The van der Waals surface area contributed by atoms with Crippen molar-refractivity contribution in [3.8, 4) is 0 Å². The van der Waals surface area contributed by atoms with Crippen LogP contribution < -0.4 is 10.2 Å². The van der Waals surface area contributed by atoms with Gasteiger partial charge in [0.25, 0.3) is 0 Å². The van der Waals surface area contributed by atoms with Crippen molar-refractivity contribution in [2.24, 2.45) is 0 Å². The van der Waals surface area contributed by atoms with Gasteiger partial charge in [-0.05, 0) is 6.92 Å². The van der Waals surface area contributed by atoms with E-state index < -0.39 is 0 Å². The average Bonchev–Trinajstić information content (AvgIpc) is 2.40. The molecule has 4 nitrogen and oxygen atoms in total. The fourth-order valence-electron chi connectivity index (χ4n) is 2.12. The molecule has 1 fully saturated rings. The number of aromatic nitrogens is 2. The molecular formula is C14H24N4S. The lowest BCUT2D eigenvalue weighted by atomic mass is 10.2. The Kier molecular flexibility index (Phi) is 5.05. The van der Waals surface area contributed by atoms with Crippen molar-refractivity contribution in [1.82, 2.24) is 15.3 Å². The van der Waals surface area contributed by atoms with E-state index in [0.29, 0.717) is 17.3 Å². The lowest BCUT2D eigenvalue weighted by molar-refractivity contribution is 0.584. The van der Waals surface area contributed by atoms with E-state index in [9.17, 15) is 0 Å². The first-order valence-electron chi connectivity index (χ1n) is 7.00. The highest BCUT2D eigenvalue weighted by molar-refractivity contribution is 8.00. The number of anilines is 1. The molecule has 19 heavy (non-hydrogen) atoms. The quantitative estimate of drug-likeness (QED) is 0.916. The molecule has 1 N–H and O–H groups in total. The molecule has 0 radical (unpaired) electrons. The zero-order valence-corrected chi connectivity index (χ0v) is 13.1. The molecule has 1 aliphatic heterocycles. The molecular weight excluding hydrogens is 256 g/mol. The third-order valence-electron chi connectivity index (χ3n) is 3.55. The van der Waals surface area contributed by atoms with Crippen LogP contribution in [0.15, 0.2) is 12.4 Å². The normalized spacial score (nSPS) is 23.9. The van der Waals surface area contributed by atoms with Gasteiger partial charge in [0.15, 0.2) is 0 Å². The van der Waals surface area contributed by atoms with E-state index in [2.05, 4.69) is 47.9 Å². The molecule has 0 saturated carbocycles. The molecule has 1 aliphatic rings. The van der Waals surface area contributed by atoms with E-state index in [1.807, 2.05) is 24.2 Å². The first-order valence-corrected chi connectivity index (χ1v) is 8.05. The van der Waals surface area contributed by atoms with Crippen LogP contribution in [0.3, 0.4) is 0 Å². The summed E-state index contributed by atoms with van der Waals surface area (Å²) in [5.41, 5.74) is 1.14. The van der Waals surface area contributed by atoms with Gasteiger partial charge in [0.05, 0.1) is 0 Å². The van der Waals surface area contributed by atoms with Crippen LogP contribution in [0.25, 0.3) is 0 Å². The molecule has 2 rings (SSSR count). The maximum Gasteiger partial charge on any atom is 0.225 e. The summed E-state index contributed by atoms with van der Waals surface area (Å²) in [5, 5.41) is 4.02. The predicted molar refractivity (Wildman–Crippen MR) is 82.7 cm³/mol. The van der Waals surface area contributed by atoms with Gasteiger partial charge < -0.3 is 10.2 Å². The number of rotatable bonds is 4. The minimum absolute atomic E-state index is 0.486. The minimum atomic E-state index is 0.486. The van der Waals surface area contributed by atoms with Gasteiger partial charge in [0.2, 0.25) is 5.95 Å². The summed E-state index contributed by atoms with van der Waals surface area (Å²) in [7, 11) is 0. The van der Waals surface area contributed by atoms with Gasteiger partial charge in [-0.2, -0.15) is 11.8 Å². The maximum atomic E-state index is 4.53. The zero-order chi connectivity index (χ0) is 13.8. The standard InChI is InChI=1S/C14H24N4S/c1-10(2)15-7-13-8-16-14(17-9-13)18-5-6-19-12(4)11(18)3/h8-12,15H,5-7H2,1-4H3. The Morgan fingerprint density at radius 1 is 1.37 bits per heavy atom. The highest BCUT2D eigenvalue weighted by atomic mass is 32.2. The first-order chi connectivity index (χ1) is 9.08. The van der Waals surface area contributed by atoms with Crippen LogP contribution in [0.2, 0.25) is 0 Å². The largest absolute Gasteiger partial charge is 0.336 e. The van der Waals surface area contributed by atoms with E-state index in [0.717, 1.165) is 30.4 Å². The second-order valence-corrected chi connectivity index (χ2v) is 6.92. The molecule has 5 heteroatoms. The van der Waals surface area contributed by atoms with Crippen molar-refractivity contribution >= 4 is 17.7 Å². The number of hydrogen-bond donors (Lipinski definition) is 1. The van der Waals surface area contributed by atoms with Crippen molar-refractivity contribution in [3.05, 3.63) is 18.0 Å². The first kappa shape index (κ1) is 14.6. The van der Waals surface area contributed by atoms with Gasteiger partial charge in [0.1, 0.15) is 0 Å².